The number of benzene rings is 1. The Bertz CT molecular complexity index is 638. The van der Waals surface area contributed by atoms with Gasteiger partial charge in [-0.1, -0.05) is 31.5 Å². The van der Waals surface area contributed by atoms with Crippen molar-refractivity contribution in [2.24, 2.45) is 0 Å². The van der Waals surface area contributed by atoms with Crippen LogP contribution in [-0.4, -0.2) is 10.9 Å². The number of amides is 1. The second kappa shape index (κ2) is 6.06. The molecule has 0 aliphatic rings. The molecule has 0 bridgehead atoms. The number of carbonyl (C=O) groups is 1. The summed E-state index contributed by atoms with van der Waals surface area (Å²) in [6, 6.07) is 9.26. The Hall–Kier alpha value is -1.87. The molecular weight excluding hydrogens is 272 g/mol. The zero-order valence-corrected chi connectivity index (χ0v) is 12.5. The summed E-state index contributed by atoms with van der Waals surface area (Å²) in [5, 5.41) is 3.05. The van der Waals surface area contributed by atoms with Crippen LogP contribution in [0.5, 0.6) is 0 Å². The Morgan fingerprint density at radius 3 is 2.65 bits per heavy atom. The summed E-state index contributed by atoms with van der Waals surface area (Å²) in [5.74, 6) is 0.215. The van der Waals surface area contributed by atoms with E-state index in [1.807, 2.05) is 25.1 Å². The van der Waals surface area contributed by atoms with Gasteiger partial charge in [0.25, 0.3) is 5.91 Å². The number of carbonyl (C=O) groups excluding carboxylic acids is 1. The molecule has 0 aliphatic carbocycles. The molecule has 104 valence electrons. The molecule has 3 nitrogen and oxygen atoms in total. The lowest BCUT2D eigenvalue weighted by Gasteiger charge is -2.12. The third-order valence-corrected chi connectivity index (χ3v) is 3.45. The minimum atomic E-state index is -0.250. The molecule has 0 saturated heterocycles. The molecule has 0 saturated carbocycles. The molecule has 2 rings (SSSR count). The molecule has 4 heteroatoms. The molecule has 1 N–H and O–H groups in total. The van der Waals surface area contributed by atoms with Gasteiger partial charge in [0.1, 0.15) is 5.15 Å². The van der Waals surface area contributed by atoms with Gasteiger partial charge in [0, 0.05) is 11.9 Å². The Morgan fingerprint density at radius 2 is 2.05 bits per heavy atom. The fourth-order valence-corrected chi connectivity index (χ4v) is 2.36. The molecule has 0 spiro atoms. The highest BCUT2D eigenvalue weighted by molar-refractivity contribution is 6.33. The van der Waals surface area contributed by atoms with E-state index in [-0.39, 0.29) is 11.1 Å². The van der Waals surface area contributed by atoms with Crippen LogP contribution in [-0.2, 0) is 0 Å². The number of pyridine rings is 1. The van der Waals surface area contributed by atoms with E-state index in [4.69, 9.17) is 11.6 Å². The van der Waals surface area contributed by atoms with Crippen molar-refractivity contribution in [1.29, 1.82) is 0 Å². The minimum Gasteiger partial charge on any atom is -0.322 e. The van der Waals surface area contributed by atoms with E-state index in [0.717, 1.165) is 11.3 Å². The van der Waals surface area contributed by atoms with Gasteiger partial charge >= 0.3 is 0 Å². The number of halogens is 1. The Labute approximate surface area is 124 Å². The lowest BCUT2D eigenvalue weighted by molar-refractivity contribution is 0.102. The third-order valence-electron chi connectivity index (χ3n) is 3.15. The molecule has 0 aliphatic heterocycles. The first-order valence-electron chi connectivity index (χ1n) is 6.51. The highest BCUT2D eigenvalue weighted by atomic mass is 35.5. The fraction of sp³-hybridized carbons (Fsp3) is 0.250. The van der Waals surface area contributed by atoms with Crippen LogP contribution in [0.3, 0.4) is 0 Å². The summed E-state index contributed by atoms with van der Waals surface area (Å²) in [4.78, 5) is 16.0. The topological polar surface area (TPSA) is 42.0 Å². The van der Waals surface area contributed by atoms with Gasteiger partial charge in [0.05, 0.1) is 5.56 Å². The van der Waals surface area contributed by atoms with Gasteiger partial charge in [-0.25, -0.2) is 4.98 Å². The first kappa shape index (κ1) is 14.5. The van der Waals surface area contributed by atoms with Gasteiger partial charge in [0.15, 0.2) is 0 Å². The number of aromatic nitrogens is 1. The number of hydrogen-bond acceptors (Lipinski definition) is 2. The summed E-state index contributed by atoms with van der Waals surface area (Å²) in [7, 11) is 0. The largest absolute Gasteiger partial charge is 0.322 e. The van der Waals surface area contributed by atoms with Crippen molar-refractivity contribution in [2.75, 3.05) is 5.32 Å². The zero-order valence-electron chi connectivity index (χ0n) is 11.8. The van der Waals surface area contributed by atoms with Crippen molar-refractivity contribution < 1.29 is 4.79 Å². The molecule has 1 aromatic heterocycles. The van der Waals surface area contributed by atoms with E-state index in [0.29, 0.717) is 11.5 Å². The van der Waals surface area contributed by atoms with Crippen molar-refractivity contribution >= 4 is 23.2 Å². The van der Waals surface area contributed by atoms with Gasteiger partial charge < -0.3 is 5.32 Å². The molecular formula is C16H17ClN2O. The molecule has 1 aromatic carbocycles. The number of nitrogens with one attached hydrogen (secondary N) is 1. The highest BCUT2D eigenvalue weighted by Crippen LogP contribution is 2.23. The Balaban J connectivity index is 2.21. The van der Waals surface area contributed by atoms with Crippen LogP contribution in [0.4, 0.5) is 5.69 Å². The first-order valence-corrected chi connectivity index (χ1v) is 6.89. The van der Waals surface area contributed by atoms with Crippen molar-refractivity contribution in [1.82, 2.24) is 4.98 Å². The monoisotopic (exact) mass is 288 g/mol. The highest BCUT2D eigenvalue weighted by Gasteiger charge is 2.11. The SMILES string of the molecule is Cc1cc(NC(=O)c2cccnc2Cl)ccc1C(C)C. The maximum Gasteiger partial charge on any atom is 0.258 e. The van der Waals surface area contributed by atoms with E-state index < -0.39 is 0 Å². The number of rotatable bonds is 3. The molecule has 2 aromatic rings. The normalized spacial score (nSPS) is 10.7. The van der Waals surface area contributed by atoms with E-state index in [1.54, 1.807) is 18.3 Å². The molecule has 1 heterocycles. The third kappa shape index (κ3) is 3.17. The van der Waals surface area contributed by atoms with Crippen LogP contribution in [0.2, 0.25) is 5.15 Å². The Kier molecular flexibility index (Phi) is 4.40. The van der Waals surface area contributed by atoms with Crippen LogP contribution in [0.25, 0.3) is 0 Å². The van der Waals surface area contributed by atoms with Crippen LogP contribution in [0, 0.1) is 6.92 Å². The van der Waals surface area contributed by atoms with E-state index >= 15 is 0 Å². The maximum absolute atomic E-state index is 12.1. The van der Waals surface area contributed by atoms with Crippen molar-refractivity contribution in [3.63, 3.8) is 0 Å². The van der Waals surface area contributed by atoms with Crippen LogP contribution >= 0.6 is 11.6 Å². The van der Waals surface area contributed by atoms with Gasteiger partial charge in [-0.2, -0.15) is 0 Å². The van der Waals surface area contributed by atoms with Crippen molar-refractivity contribution in [3.05, 3.63) is 58.4 Å². The molecule has 20 heavy (non-hydrogen) atoms. The molecule has 0 unspecified atom stereocenters. The van der Waals surface area contributed by atoms with Gasteiger partial charge in [-0.05, 0) is 48.2 Å². The van der Waals surface area contributed by atoms with Gasteiger partial charge in [0.2, 0.25) is 0 Å². The summed E-state index contributed by atoms with van der Waals surface area (Å²) in [6.07, 6.45) is 1.56. The summed E-state index contributed by atoms with van der Waals surface area (Å²) in [5.41, 5.74) is 3.58. The summed E-state index contributed by atoms with van der Waals surface area (Å²) >= 11 is 5.91. The van der Waals surface area contributed by atoms with E-state index in [2.05, 4.69) is 24.1 Å². The predicted molar refractivity (Wildman–Crippen MR) is 82.5 cm³/mol. The zero-order chi connectivity index (χ0) is 14.7. The van der Waals surface area contributed by atoms with Gasteiger partial charge in [-0.3, -0.25) is 4.79 Å². The number of aryl methyl sites for hydroxylation is 1. The smallest absolute Gasteiger partial charge is 0.258 e. The lowest BCUT2D eigenvalue weighted by Crippen LogP contribution is -2.13. The molecule has 1 amide bonds. The van der Waals surface area contributed by atoms with E-state index in [1.165, 1.54) is 5.56 Å². The van der Waals surface area contributed by atoms with Crippen molar-refractivity contribution in [2.45, 2.75) is 26.7 Å². The lowest BCUT2D eigenvalue weighted by atomic mass is 9.97. The summed E-state index contributed by atoms with van der Waals surface area (Å²) in [6.45, 7) is 6.34. The van der Waals surface area contributed by atoms with E-state index in [9.17, 15) is 4.79 Å². The average molecular weight is 289 g/mol. The molecule has 0 fully saturated rings. The average Bonchev–Trinajstić information content (AvgIpc) is 2.38. The van der Waals surface area contributed by atoms with Gasteiger partial charge in [-0.15, -0.1) is 0 Å². The van der Waals surface area contributed by atoms with Crippen molar-refractivity contribution in [3.8, 4) is 0 Å². The van der Waals surface area contributed by atoms with Crippen LogP contribution < -0.4 is 5.32 Å². The fourth-order valence-electron chi connectivity index (χ4n) is 2.16. The minimum absolute atomic E-state index is 0.209. The number of anilines is 1. The summed E-state index contributed by atoms with van der Waals surface area (Å²) < 4.78 is 0. The maximum atomic E-state index is 12.1. The predicted octanol–water partition coefficient (Wildman–Crippen LogP) is 4.42. The molecule has 0 atom stereocenters. The number of nitrogens with zero attached hydrogens (tertiary/aromatic N) is 1. The first-order chi connectivity index (χ1) is 9.49. The Morgan fingerprint density at radius 1 is 1.30 bits per heavy atom. The van der Waals surface area contributed by atoms with Crippen LogP contribution in [0.15, 0.2) is 36.5 Å². The second-order valence-corrected chi connectivity index (χ2v) is 5.38. The molecule has 0 radical (unpaired) electrons. The quantitative estimate of drug-likeness (QED) is 0.850. The standard InChI is InChI=1S/C16H17ClN2O/c1-10(2)13-7-6-12(9-11(13)3)19-16(20)14-5-4-8-18-15(14)17/h4-10H,1-3H3,(H,19,20). The van der Waals surface area contributed by atoms with Crippen LogP contribution in [0.1, 0.15) is 41.3 Å². The number of hydrogen-bond donors (Lipinski definition) is 1. The second-order valence-electron chi connectivity index (χ2n) is 5.02.